The Morgan fingerprint density at radius 3 is 2.05 bits per heavy atom. The number of hydrogen-bond donors (Lipinski definition) is 2. The van der Waals surface area contributed by atoms with E-state index in [1.54, 1.807) is 30.2 Å². The Kier molecular flexibility index (Phi) is 9.89. The first-order valence-corrected chi connectivity index (χ1v) is 14.2. The molecule has 2 N–H and O–H groups in total. The maximum atomic E-state index is 12.6. The van der Waals surface area contributed by atoms with Crippen molar-refractivity contribution in [2.45, 2.75) is 45.7 Å². The first-order chi connectivity index (χ1) is 20.1. The lowest BCUT2D eigenvalue weighted by Gasteiger charge is -2.14. The second-order valence-corrected chi connectivity index (χ2v) is 11.1. The Hall–Kier alpha value is -4.32. The van der Waals surface area contributed by atoms with E-state index in [-0.39, 0.29) is 31.0 Å². The number of ketones is 1. The molecule has 42 heavy (non-hydrogen) atoms. The van der Waals surface area contributed by atoms with Crippen molar-refractivity contribution in [1.29, 1.82) is 0 Å². The number of ether oxygens (including phenoxy) is 4. The highest BCUT2D eigenvalue weighted by molar-refractivity contribution is 7.20. The number of carboxylic acids is 2. The summed E-state index contributed by atoms with van der Waals surface area (Å²) in [7, 11) is 3.08. The van der Waals surface area contributed by atoms with Crippen molar-refractivity contribution in [3.63, 3.8) is 0 Å². The second-order valence-electron chi connectivity index (χ2n) is 9.98. The van der Waals surface area contributed by atoms with Crippen LogP contribution in [0.4, 0.5) is 0 Å². The molecule has 1 aliphatic heterocycles. The Morgan fingerprint density at radius 2 is 1.45 bits per heavy atom. The highest BCUT2D eigenvalue weighted by Crippen LogP contribution is 2.38. The van der Waals surface area contributed by atoms with Crippen molar-refractivity contribution in [2.75, 3.05) is 27.4 Å². The average Bonchev–Trinajstić information content (AvgIpc) is 3.58. The van der Waals surface area contributed by atoms with Gasteiger partial charge in [-0.25, -0.2) is 0 Å². The van der Waals surface area contributed by atoms with E-state index in [0.29, 0.717) is 60.6 Å². The van der Waals surface area contributed by atoms with Crippen LogP contribution in [0.5, 0.6) is 23.0 Å². The predicted molar refractivity (Wildman–Crippen MR) is 154 cm³/mol. The summed E-state index contributed by atoms with van der Waals surface area (Å²) in [6.45, 7) is 2.95. The highest BCUT2D eigenvalue weighted by atomic mass is 32.1. The molecule has 0 aliphatic carbocycles. The summed E-state index contributed by atoms with van der Waals surface area (Å²) in [5.41, 5.74) is 1.86. The van der Waals surface area contributed by atoms with Gasteiger partial charge in [0, 0.05) is 43.1 Å². The molecule has 1 atom stereocenters. The third kappa shape index (κ3) is 7.30. The Bertz CT molecular complexity index is 1500. The predicted octanol–water partition coefficient (Wildman–Crippen LogP) is 4.77. The molecule has 0 unspecified atom stereocenters. The number of aliphatic carboxylic acids is 2. The number of carboxylic acid groups (broad SMARTS) is 2. The van der Waals surface area contributed by atoms with Gasteiger partial charge in [-0.2, -0.15) is 0 Å². The lowest BCUT2D eigenvalue weighted by atomic mass is 10.0. The molecule has 1 amide bonds. The first kappa shape index (κ1) is 30.6. The Labute approximate surface area is 246 Å². The maximum Gasteiger partial charge on any atom is 0.306 e. The number of carbonyl (C=O) groups excluding carboxylic acids is 2. The van der Waals surface area contributed by atoms with Gasteiger partial charge in [-0.15, -0.1) is 11.3 Å². The molecule has 1 aliphatic rings. The molecule has 0 radical (unpaired) electrons. The summed E-state index contributed by atoms with van der Waals surface area (Å²) in [5.74, 6) is -1.07. The van der Waals surface area contributed by atoms with E-state index in [9.17, 15) is 19.2 Å². The minimum Gasteiger partial charge on any atom is -0.493 e. The number of Topliss-reactive ketones (excluding diaryl/α,β-unsaturated/α-hetero) is 1. The van der Waals surface area contributed by atoms with E-state index < -0.39 is 17.9 Å². The summed E-state index contributed by atoms with van der Waals surface area (Å²) in [4.78, 5) is 49.0. The SMILES string of the molecule is COc1cc2c(cc1OCCCOc1cc3cc(C(=O)C[C@H](C)C(=O)O)sc3cc1OC)CN(C(=O)CCC(=O)O)C2. The molecule has 0 saturated heterocycles. The van der Waals surface area contributed by atoms with Crippen LogP contribution in [-0.2, 0) is 27.5 Å². The number of amides is 1. The number of thiophene rings is 1. The molecule has 4 rings (SSSR count). The third-order valence-electron chi connectivity index (χ3n) is 6.91. The topological polar surface area (TPSA) is 149 Å². The van der Waals surface area contributed by atoms with Gasteiger partial charge >= 0.3 is 11.9 Å². The number of hydrogen-bond acceptors (Lipinski definition) is 9. The van der Waals surface area contributed by atoms with Crippen molar-refractivity contribution in [2.24, 2.45) is 5.92 Å². The van der Waals surface area contributed by atoms with Crippen molar-refractivity contribution in [3.05, 3.63) is 46.3 Å². The fourth-order valence-corrected chi connectivity index (χ4v) is 5.59. The largest absolute Gasteiger partial charge is 0.493 e. The molecule has 2 heterocycles. The summed E-state index contributed by atoms with van der Waals surface area (Å²) >= 11 is 1.29. The molecular weight excluding hydrogens is 566 g/mol. The van der Waals surface area contributed by atoms with Gasteiger partial charge in [0.2, 0.25) is 5.91 Å². The molecule has 0 bridgehead atoms. The minimum absolute atomic E-state index is 0.0424. The van der Waals surface area contributed by atoms with Gasteiger partial charge in [0.05, 0.1) is 44.6 Å². The van der Waals surface area contributed by atoms with Gasteiger partial charge in [0.25, 0.3) is 0 Å². The summed E-state index contributed by atoms with van der Waals surface area (Å²) < 4.78 is 23.8. The number of benzene rings is 2. The average molecular weight is 600 g/mol. The zero-order chi connectivity index (χ0) is 30.4. The van der Waals surface area contributed by atoms with Crippen LogP contribution < -0.4 is 18.9 Å². The lowest BCUT2D eigenvalue weighted by molar-refractivity contribution is -0.141. The van der Waals surface area contributed by atoms with E-state index in [1.807, 2.05) is 12.1 Å². The van der Waals surface area contributed by atoms with Gasteiger partial charge in [0.1, 0.15) is 0 Å². The van der Waals surface area contributed by atoms with Crippen LogP contribution in [0.25, 0.3) is 10.1 Å². The molecule has 12 heteroatoms. The van der Waals surface area contributed by atoms with Gasteiger partial charge < -0.3 is 34.1 Å². The third-order valence-corrected chi connectivity index (χ3v) is 8.05. The van der Waals surface area contributed by atoms with Crippen molar-refractivity contribution in [1.82, 2.24) is 4.90 Å². The normalized spacial score (nSPS) is 13.0. The second kappa shape index (κ2) is 13.6. The van der Waals surface area contributed by atoms with Gasteiger partial charge in [0.15, 0.2) is 28.8 Å². The van der Waals surface area contributed by atoms with Gasteiger partial charge in [-0.05, 0) is 40.8 Å². The quantitative estimate of drug-likeness (QED) is 0.185. The van der Waals surface area contributed by atoms with Crippen LogP contribution in [0.1, 0.15) is 53.4 Å². The van der Waals surface area contributed by atoms with Crippen molar-refractivity contribution >= 4 is 45.1 Å². The molecule has 11 nitrogen and oxygen atoms in total. The van der Waals surface area contributed by atoms with Crippen LogP contribution in [0.2, 0.25) is 0 Å². The van der Waals surface area contributed by atoms with Crippen LogP contribution in [0.3, 0.4) is 0 Å². The van der Waals surface area contributed by atoms with E-state index in [4.69, 9.17) is 29.2 Å². The van der Waals surface area contributed by atoms with E-state index in [0.717, 1.165) is 21.2 Å². The molecule has 1 aromatic heterocycles. The molecule has 0 fully saturated rings. The van der Waals surface area contributed by atoms with Gasteiger partial charge in [-0.1, -0.05) is 6.92 Å². The zero-order valence-electron chi connectivity index (χ0n) is 23.6. The van der Waals surface area contributed by atoms with Crippen LogP contribution in [0.15, 0.2) is 30.3 Å². The lowest BCUT2D eigenvalue weighted by Crippen LogP contribution is -2.25. The number of carbonyl (C=O) groups is 4. The Balaban J connectivity index is 1.33. The zero-order valence-corrected chi connectivity index (χ0v) is 24.5. The fourth-order valence-electron chi connectivity index (χ4n) is 4.57. The number of nitrogens with zero attached hydrogens (tertiary/aromatic N) is 1. The van der Waals surface area contributed by atoms with Crippen LogP contribution in [0, 0.1) is 5.92 Å². The maximum absolute atomic E-state index is 12.6. The highest BCUT2D eigenvalue weighted by Gasteiger charge is 2.26. The standard InChI is InChI=1S/C30H33NO10S/c1-17(30(36)37)9-21(32)27-13-18-10-24(23(39-3)14-26(18)42-27)40-7-4-8-41-25-12-20-16-31(28(33)5-6-29(34)35)15-19(20)11-22(25)38-2/h10-14,17H,4-9,15-16H2,1-3H3,(H,34,35)(H,36,37)/t17-/m0/s1. The minimum atomic E-state index is -1.01. The van der Waals surface area contributed by atoms with E-state index >= 15 is 0 Å². The van der Waals surface area contributed by atoms with E-state index in [1.165, 1.54) is 25.4 Å². The monoisotopic (exact) mass is 599 g/mol. The molecule has 0 spiro atoms. The van der Waals surface area contributed by atoms with Crippen molar-refractivity contribution in [3.8, 4) is 23.0 Å². The number of rotatable bonds is 15. The molecule has 224 valence electrons. The summed E-state index contributed by atoms with van der Waals surface area (Å²) in [6.07, 6.45) is 0.231. The van der Waals surface area contributed by atoms with Crippen LogP contribution in [-0.4, -0.2) is 66.2 Å². The number of fused-ring (bicyclic) bond motifs is 2. The molecular formula is C30H33NO10S. The van der Waals surface area contributed by atoms with Crippen molar-refractivity contribution < 1.29 is 48.3 Å². The smallest absolute Gasteiger partial charge is 0.306 e. The fraction of sp³-hybridized carbons (Fsp3) is 0.400. The molecule has 0 saturated carbocycles. The number of methoxy groups -OCH3 is 2. The Morgan fingerprint density at radius 1 is 0.857 bits per heavy atom. The molecule has 3 aromatic rings. The first-order valence-electron chi connectivity index (χ1n) is 13.4. The van der Waals surface area contributed by atoms with Crippen LogP contribution >= 0.6 is 11.3 Å². The van der Waals surface area contributed by atoms with E-state index in [2.05, 4.69) is 0 Å². The summed E-state index contributed by atoms with van der Waals surface area (Å²) in [5, 5.41) is 18.8. The molecule has 2 aromatic carbocycles. The van der Waals surface area contributed by atoms with Gasteiger partial charge in [-0.3, -0.25) is 19.2 Å². The summed E-state index contributed by atoms with van der Waals surface area (Å²) in [6, 6.07) is 9.04.